The van der Waals surface area contributed by atoms with Crippen LogP contribution in [0.25, 0.3) is 94.2 Å². The molecule has 0 aliphatic carbocycles. The number of imidazole rings is 1. The number of nitrogens with zero attached hydrogens (tertiary/aromatic N) is 4. The molecule has 0 saturated heterocycles. The lowest BCUT2D eigenvalue weighted by Crippen LogP contribution is -3.00. The lowest BCUT2D eigenvalue weighted by atomic mass is 9.88. The van der Waals surface area contributed by atoms with Crippen LogP contribution in [0.1, 0.15) is 26.3 Å². The fourth-order valence-corrected chi connectivity index (χ4v) is 9.36. The molecular weight excluding hydrogens is 820 g/mol. The molecule has 0 amide bonds. The van der Waals surface area contributed by atoms with E-state index in [9.17, 15) is 0 Å². The van der Waals surface area contributed by atoms with Crippen LogP contribution in [0.2, 0.25) is 0 Å². The molecule has 0 spiro atoms. The van der Waals surface area contributed by atoms with Gasteiger partial charge in [0.25, 0.3) is 6.33 Å². The summed E-state index contributed by atoms with van der Waals surface area (Å²) < 4.78 is 20.2. The lowest BCUT2D eigenvalue weighted by molar-refractivity contribution is -0.566. The summed E-state index contributed by atoms with van der Waals surface area (Å²) in [4.78, 5) is 4.89. The van der Waals surface area contributed by atoms with Crippen LogP contribution in [0.3, 0.4) is 0 Å². The van der Waals surface area contributed by atoms with Crippen molar-refractivity contribution >= 4 is 54.8 Å². The first-order chi connectivity index (χ1) is 31.4. The van der Waals surface area contributed by atoms with E-state index in [1.54, 1.807) is 0 Å². The first-order valence-electron chi connectivity index (χ1n) is 21.8. The number of hydrogen-bond acceptors (Lipinski definition) is 3. The third-order valence-electron chi connectivity index (χ3n) is 12.5. The number of pyridine rings is 1. The monoisotopic (exact) mass is 862 g/mol. The third-order valence-corrected chi connectivity index (χ3v) is 12.5. The molecule has 4 heterocycles. The average molecular weight is 863 g/mol. The largest absolute Gasteiger partial charge is 1.00 e. The molecule has 6 nitrogen and oxygen atoms in total. The predicted molar refractivity (Wildman–Crippen MR) is 260 cm³/mol. The molecule has 0 bridgehead atoms. The second-order valence-corrected chi connectivity index (χ2v) is 17.5. The molecule has 314 valence electrons. The topological polar surface area (TPSA) is 49.0 Å². The molecule has 0 aliphatic rings. The Hall–Kier alpha value is -7.93. The summed E-state index contributed by atoms with van der Waals surface area (Å²) in [6, 6.07) is 68.2. The normalized spacial score (nSPS) is 11.8. The van der Waals surface area contributed by atoms with Crippen LogP contribution in [-0.4, -0.2) is 14.1 Å². The predicted octanol–water partition coefficient (Wildman–Crippen LogP) is 11.7. The van der Waals surface area contributed by atoms with Gasteiger partial charge < -0.3 is 21.6 Å². The van der Waals surface area contributed by atoms with Gasteiger partial charge in [-0.25, -0.2) is 4.98 Å². The molecule has 65 heavy (non-hydrogen) atoms. The SMILES string of the molecule is CC(C)(C)c1ccnc(-n2c3ccccc3c3ccc(Oc4cccc(-n5c[n+](-c6c(-c7ccccc7)cccc6-c6ccccc6)c6cc7c(cc65)oc5ccccc57)c4)cc32)c1.[Cl-]. The summed E-state index contributed by atoms with van der Waals surface area (Å²) in [5, 5.41) is 4.47. The Morgan fingerprint density at radius 2 is 1.18 bits per heavy atom. The maximum absolute atomic E-state index is 6.81. The molecule has 8 aromatic carbocycles. The minimum Gasteiger partial charge on any atom is -1.00 e. The summed E-state index contributed by atoms with van der Waals surface area (Å²) in [7, 11) is 0. The number of halogens is 1. The summed E-state index contributed by atoms with van der Waals surface area (Å²) in [6.07, 6.45) is 4.13. The van der Waals surface area contributed by atoms with Crippen molar-refractivity contribution in [3.8, 4) is 50.9 Å². The highest BCUT2D eigenvalue weighted by molar-refractivity contribution is 6.10. The van der Waals surface area contributed by atoms with E-state index in [1.807, 2.05) is 24.4 Å². The van der Waals surface area contributed by atoms with E-state index in [1.165, 1.54) is 10.9 Å². The zero-order valence-electron chi connectivity index (χ0n) is 36.1. The van der Waals surface area contributed by atoms with Gasteiger partial charge in [0.15, 0.2) is 11.0 Å². The highest BCUT2D eigenvalue weighted by Gasteiger charge is 2.27. The Bertz CT molecular complexity index is 3690. The van der Waals surface area contributed by atoms with Gasteiger partial charge in [-0.05, 0) is 70.6 Å². The fourth-order valence-electron chi connectivity index (χ4n) is 9.36. The fraction of sp³-hybridized carbons (Fsp3) is 0.0690. The quantitative estimate of drug-likeness (QED) is 0.150. The van der Waals surface area contributed by atoms with Crippen molar-refractivity contribution < 1.29 is 26.1 Å². The molecular formula is C58H43ClN4O2. The van der Waals surface area contributed by atoms with Crippen molar-refractivity contribution in [1.29, 1.82) is 0 Å². The molecule has 0 unspecified atom stereocenters. The summed E-state index contributed by atoms with van der Waals surface area (Å²) in [5.74, 6) is 2.34. The van der Waals surface area contributed by atoms with Crippen LogP contribution < -0.4 is 21.7 Å². The van der Waals surface area contributed by atoms with Crippen LogP contribution >= 0.6 is 0 Å². The number of benzene rings is 8. The molecule has 0 N–H and O–H groups in total. The van der Waals surface area contributed by atoms with E-state index in [0.29, 0.717) is 0 Å². The second-order valence-electron chi connectivity index (χ2n) is 17.5. The van der Waals surface area contributed by atoms with E-state index < -0.39 is 0 Å². The van der Waals surface area contributed by atoms with Gasteiger partial charge in [0, 0.05) is 63.1 Å². The van der Waals surface area contributed by atoms with Crippen LogP contribution in [0, 0.1) is 0 Å². The Balaban J connectivity index is 0.00000469. The zero-order chi connectivity index (χ0) is 42.9. The molecule has 0 aliphatic heterocycles. The second kappa shape index (κ2) is 15.7. The molecule has 0 atom stereocenters. The smallest absolute Gasteiger partial charge is 0.255 e. The lowest BCUT2D eigenvalue weighted by Gasteiger charge is -2.20. The van der Waals surface area contributed by atoms with Crippen molar-refractivity contribution in [2.75, 3.05) is 0 Å². The molecule has 4 aromatic heterocycles. The zero-order valence-corrected chi connectivity index (χ0v) is 36.9. The highest BCUT2D eigenvalue weighted by Crippen LogP contribution is 2.39. The van der Waals surface area contributed by atoms with E-state index in [0.717, 1.165) is 100 Å². The van der Waals surface area contributed by atoms with Gasteiger partial charge in [-0.2, -0.15) is 9.13 Å². The van der Waals surface area contributed by atoms with Gasteiger partial charge in [-0.3, -0.25) is 4.57 Å². The Morgan fingerprint density at radius 1 is 0.523 bits per heavy atom. The summed E-state index contributed by atoms with van der Waals surface area (Å²) >= 11 is 0. The van der Waals surface area contributed by atoms with Crippen molar-refractivity contribution in [2.24, 2.45) is 0 Å². The van der Waals surface area contributed by atoms with Crippen LogP contribution in [-0.2, 0) is 5.41 Å². The third kappa shape index (κ3) is 6.82. The molecule has 0 saturated carbocycles. The van der Waals surface area contributed by atoms with Crippen molar-refractivity contribution in [2.45, 2.75) is 26.2 Å². The van der Waals surface area contributed by atoms with Crippen LogP contribution in [0.4, 0.5) is 0 Å². The number of furan rings is 1. The highest BCUT2D eigenvalue weighted by atomic mass is 35.5. The molecule has 7 heteroatoms. The maximum Gasteiger partial charge on any atom is 0.255 e. The van der Waals surface area contributed by atoms with Gasteiger partial charge in [0.05, 0.1) is 11.0 Å². The number of aromatic nitrogens is 4. The molecule has 0 radical (unpaired) electrons. The standard InChI is InChI=1S/C58H43N4O2.ClH/c1-58(2,3)40-30-31-59-56(32-40)62-50-26-12-10-22-46(50)47-29-28-43(34-51(47)62)63-42-21-14-20-41(33-42)60-37-61(52-35-49-48-23-11-13-27-54(48)64-55(49)36-53(52)60)57-44(38-16-6-4-7-17-38)24-15-25-45(57)39-18-8-5-9-19-39;/h4-37H,1-3H3;1H/q+1;/p-1. The summed E-state index contributed by atoms with van der Waals surface area (Å²) in [6.45, 7) is 6.71. The Morgan fingerprint density at radius 3 is 1.94 bits per heavy atom. The van der Waals surface area contributed by atoms with Crippen molar-refractivity contribution in [3.05, 3.63) is 212 Å². The average Bonchev–Trinajstić information content (AvgIpc) is 4.00. The molecule has 12 rings (SSSR count). The van der Waals surface area contributed by atoms with Crippen molar-refractivity contribution in [3.63, 3.8) is 0 Å². The van der Waals surface area contributed by atoms with E-state index in [4.69, 9.17) is 14.1 Å². The number of para-hydroxylation sites is 3. The molecule has 12 aromatic rings. The number of rotatable bonds is 7. The van der Waals surface area contributed by atoms with Crippen LogP contribution in [0.5, 0.6) is 11.5 Å². The van der Waals surface area contributed by atoms with Gasteiger partial charge in [-0.15, -0.1) is 0 Å². The molecule has 0 fully saturated rings. The van der Waals surface area contributed by atoms with Gasteiger partial charge in [-0.1, -0.05) is 142 Å². The van der Waals surface area contributed by atoms with Gasteiger partial charge in [0.2, 0.25) is 0 Å². The number of ether oxygens (including phenoxy) is 1. The first kappa shape index (κ1) is 39.9. The van der Waals surface area contributed by atoms with Gasteiger partial charge in [0.1, 0.15) is 39.9 Å². The maximum atomic E-state index is 6.81. The van der Waals surface area contributed by atoms with E-state index in [-0.39, 0.29) is 17.8 Å². The van der Waals surface area contributed by atoms with Crippen molar-refractivity contribution in [1.82, 2.24) is 14.1 Å². The Labute approximate surface area is 382 Å². The van der Waals surface area contributed by atoms with Crippen LogP contribution in [0.15, 0.2) is 211 Å². The minimum absolute atomic E-state index is 0. The minimum atomic E-state index is -0.0203. The summed E-state index contributed by atoms with van der Waals surface area (Å²) in [5.41, 5.74) is 13.7. The Kier molecular flexibility index (Phi) is 9.63. The first-order valence-corrected chi connectivity index (χ1v) is 21.8. The van der Waals surface area contributed by atoms with E-state index in [2.05, 4.69) is 217 Å². The van der Waals surface area contributed by atoms with E-state index >= 15 is 0 Å². The number of fused-ring (bicyclic) bond motifs is 7. The number of hydrogen-bond donors (Lipinski definition) is 0. The van der Waals surface area contributed by atoms with Gasteiger partial charge >= 0.3 is 0 Å².